The smallest absolute Gasteiger partial charge is 0.196 e. The normalized spacial score (nSPS) is 10.7. The summed E-state index contributed by atoms with van der Waals surface area (Å²) in [5.74, 6) is -0.229. The predicted molar refractivity (Wildman–Crippen MR) is 148 cm³/mol. The number of nitrogens with zero attached hydrogens (tertiary/aromatic N) is 1. The van der Waals surface area contributed by atoms with E-state index in [1.54, 1.807) is 6.07 Å². The third-order valence-corrected chi connectivity index (χ3v) is 6.45. The van der Waals surface area contributed by atoms with Gasteiger partial charge in [0.25, 0.3) is 0 Å². The molecule has 0 bridgehead atoms. The van der Waals surface area contributed by atoms with Gasteiger partial charge in [-0.2, -0.15) is 0 Å². The van der Waals surface area contributed by atoms with Gasteiger partial charge in [0.1, 0.15) is 0 Å². The molecule has 3 aromatic rings. The zero-order chi connectivity index (χ0) is 25.9. The van der Waals surface area contributed by atoms with E-state index in [4.69, 9.17) is 4.84 Å². The second-order valence-electron chi connectivity index (χ2n) is 9.72. The number of hydrogen-bond acceptors (Lipinski definition) is 3. The highest BCUT2D eigenvalue weighted by atomic mass is 19.1. The van der Waals surface area contributed by atoms with Crippen molar-refractivity contribution in [3.63, 3.8) is 0 Å². The topological polar surface area (TPSA) is 33.6 Å². The molecule has 1 N–H and O–H groups in total. The molecule has 0 atom stereocenters. The summed E-state index contributed by atoms with van der Waals surface area (Å²) in [6.07, 6.45) is 2.18. The Balaban J connectivity index is 2.03. The molecule has 0 aromatic heterocycles. The molecule has 3 nitrogen and oxygen atoms in total. The van der Waals surface area contributed by atoms with Crippen LogP contribution in [0.1, 0.15) is 55.5 Å². The first-order valence-electron chi connectivity index (χ1n) is 12.1. The van der Waals surface area contributed by atoms with Gasteiger partial charge in [-0.1, -0.05) is 28.9 Å². The van der Waals surface area contributed by atoms with Crippen molar-refractivity contribution in [2.75, 3.05) is 11.9 Å². The quantitative estimate of drug-likeness (QED) is 0.212. The van der Waals surface area contributed by atoms with Crippen LogP contribution in [0.3, 0.4) is 0 Å². The van der Waals surface area contributed by atoms with Crippen LogP contribution in [0.5, 0.6) is 5.75 Å². The number of anilines is 1. The summed E-state index contributed by atoms with van der Waals surface area (Å²) < 4.78 is 15.0. The number of rotatable bonds is 7. The summed E-state index contributed by atoms with van der Waals surface area (Å²) in [6.45, 7) is 19.1. The van der Waals surface area contributed by atoms with E-state index in [9.17, 15) is 0 Å². The van der Waals surface area contributed by atoms with Gasteiger partial charge in [-0.25, -0.2) is 4.39 Å². The van der Waals surface area contributed by atoms with Gasteiger partial charge in [0.2, 0.25) is 0 Å². The lowest BCUT2D eigenvalue weighted by molar-refractivity contribution is 0.319. The molecule has 0 fully saturated rings. The first-order chi connectivity index (χ1) is 16.5. The van der Waals surface area contributed by atoms with Gasteiger partial charge in [0.15, 0.2) is 11.6 Å². The van der Waals surface area contributed by atoms with Gasteiger partial charge in [-0.3, -0.25) is 0 Å². The Morgan fingerprint density at radius 1 is 0.829 bits per heavy atom. The first-order valence-corrected chi connectivity index (χ1v) is 12.1. The number of hydrogen-bond donors (Lipinski definition) is 1. The zero-order valence-electron chi connectivity index (χ0n) is 22.5. The van der Waals surface area contributed by atoms with E-state index in [0.29, 0.717) is 0 Å². The molecule has 3 rings (SSSR count). The monoisotopic (exact) mass is 472 g/mol. The Morgan fingerprint density at radius 3 is 1.86 bits per heavy atom. The van der Waals surface area contributed by atoms with Crippen LogP contribution in [0.4, 0.5) is 10.1 Å². The minimum Gasteiger partial charge on any atom is -0.382 e. The molecule has 0 saturated carbocycles. The third-order valence-electron chi connectivity index (χ3n) is 6.45. The van der Waals surface area contributed by atoms with Crippen LogP contribution in [-0.4, -0.2) is 12.3 Å². The van der Waals surface area contributed by atoms with Gasteiger partial charge >= 0.3 is 0 Å². The van der Waals surface area contributed by atoms with Gasteiger partial charge in [-0.05, 0) is 137 Å². The Bertz CT molecular complexity index is 1240. The summed E-state index contributed by atoms with van der Waals surface area (Å²) in [5.41, 5.74) is 12.9. The van der Waals surface area contributed by atoms with E-state index < -0.39 is 5.82 Å². The van der Waals surface area contributed by atoms with Crippen LogP contribution in [-0.2, 0) is 0 Å². The average Bonchev–Trinajstić information content (AvgIpc) is 2.78. The summed E-state index contributed by atoms with van der Waals surface area (Å²) in [6, 6.07) is 12.1. The van der Waals surface area contributed by atoms with Crippen molar-refractivity contribution < 1.29 is 9.23 Å². The molecule has 0 aliphatic heterocycles. The summed E-state index contributed by atoms with van der Waals surface area (Å²) in [5, 5.41) is 7.36. The van der Waals surface area contributed by atoms with Crippen LogP contribution >= 0.6 is 0 Å². The molecule has 0 unspecified atom stereocenters. The SMILES string of the molecule is CC(C)=CCNc1ccc(-c2c(C)c(C)c(-c3cc(C)c(ON=C(C)C)c(F)c3)c(C)c2C)cc1. The fraction of sp³-hybridized carbons (Fsp3) is 0.323. The molecule has 0 aliphatic rings. The summed E-state index contributed by atoms with van der Waals surface area (Å²) in [7, 11) is 0. The minimum absolute atomic E-state index is 0.175. The van der Waals surface area contributed by atoms with E-state index in [-0.39, 0.29) is 5.75 Å². The summed E-state index contributed by atoms with van der Waals surface area (Å²) >= 11 is 0. The molecule has 0 heterocycles. The highest BCUT2D eigenvalue weighted by Gasteiger charge is 2.19. The molecule has 184 valence electrons. The second kappa shape index (κ2) is 10.9. The molecule has 0 spiro atoms. The second-order valence-corrected chi connectivity index (χ2v) is 9.72. The number of aryl methyl sites for hydroxylation is 1. The maximum absolute atomic E-state index is 15.0. The molecule has 0 saturated heterocycles. The van der Waals surface area contributed by atoms with Crippen LogP contribution in [0.15, 0.2) is 53.2 Å². The first kappa shape index (κ1) is 26.2. The van der Waals surface area contributed by atoms with Crippen LogP contribution in [0, 0.1) is 40.4 Å². The number of halogens is 1. The van der Waals surface area contributed by atoms with Crippen molar-refractivity contribution in [3.05, 3.63) is 81.7 Å². The highest BCUT2D eigenvalue weighted by molar-refractivity contribution is 5.83. The molecule has 35 heavy (non-hydrogen) atoms. The molecule has 0 amide bonds. The van der Waals surface area contributed by atoms with E-state index in [1.807, 2.05) is 26.8 Å². The van der Waals surface area contributed by atoms with Crippen molar-refractivity contribution in [1.82, 2.24) is 0 Å². The molecular formula is C31H37FN2O. The lowest BCUT2D eigenvalue weighted by atomic mass is 9.83. The van der Waals surface area contributed by atoms with Crippen molar-refractivity contribution in [2.24, 2.45) is 5.16 Å². The highest BCUT2D eigenvalue weighted by Crippen LogP contribution is 2.40. The fourth-order valence-corrected chi connectivity index (χ4v) is 4.43. The maximum Gasteiger partial charge on any atom is 0.196 e. The third kappa shape index (κ3) is 5.82. The largest absolute Gasteiger partial charge is 0.382 e. The number of benzene rings is 3. The van der Waals surface area contributed by atoms with Crippen LogP contribution in [0.25, 0.3) is 22.3 Å². The lowest BCUT2D eigenvalue weighted by Crippen LogP contribution is -2.02. The van der Waals surface area contributed by atoms with Gasteiger partial charge in [0.05, 0.1) is 5.71 Å². The number of nitrogens with one attached hydrogen (secondary N) is 1. The Labute approximate surface area is 209 Å². The van der Waals surface area contributed by atoms with Crippen molar-refractivity contribution >= 4 is 11.4 Å². The minimum atomic E-state index is -0.403. The van der Waals surface area contributed by atoms with E-state index in [0.717, 1.165) is 45.8 Å². The Morgan fingerprint density at radius 2 is 1.37 bits per heavy atom. The molecular weight excluding hydrogens is 435 g/mol. The standard InChI is InChI=1S/C31H37FN2O/c1-18(2)14-15-33-27-12-10-25(11-13-27)29-21(6)23(8)30(24(9)22(29)7)26-16-20(5)31(28(32)17-26)35-34-19(3)4/h10-14,16-17,33H,15H2,1-9H3. The maximum atomic E-state index is 15.0. The average molecular weight is 473 g/mol. The number of oxime groups is 1. The Kier molecular flexibility index (Phi) is 8.16. The van der Waals surface area contributed by atoms with Gasteiger partial charge in [0, 0.05) is 12.2 Å². The molecule has 0 aliphatic carbocycles. The van der Waals surface area contributed by atoms with Crippen molar-refractivity contribution in [1.29, 1.82) is 0 Å². The van der Waals surface area contributed by atoms with Crippen molar-refractivity contribution in [3.8, 4) is 28.0 Å². The zero-order valence-corrected chi connectivity index (χ0v) is 22.5. The molecule has 0 radical (unpaired) electrons. The van der Waals surface area contributed by atoms with E-state index in [2.05, 4.69) is 82.4 Å². The van der Waals surface area contributed by atoms with E-state index >= 15 is 4.39 Å². The van der Waals surface area contributed by atoms with Crippen LogP contribution < -0.4 is 10.2 Å². The molecule has 4 heteroatoms. The van der Waals surface area contributed by atoms with Gasteiger partial charge < -0.3 is 10.2 Å². The van der Waals surface area contributed by atoms with Gasteiger partial charge in [-0.15, -0.1) is 0 Å². The van der Waals surface area contributed by atoms with Crippen LogP contribution in [0.2, 0.25) is 0 Å². The molecule has 3 aromatic carbocycles. The fourth-order valence-electron chi connectivity index (χ4n) is 4.43. The number of allylic oxidation sites excluding steroid dienone is 1. The Hall–Kier alpha value is -3.40. The van der Waals surface area contributed by atoms with Crippen molar-refractivity contribution in [2.45, 2.75) is 62.3 Å². The van der Waals surface area contributed by atoms with E-state index in [1.165, 1.54) is 27.8 Å². The predicted octanol–water partition coefficient (Wildman–Crippen LogP) is 8.85. The lowest BCUT2D eigenvalue weighted by Gasteiger charge is -2.22. The summed E-state index contributed by atoms with van der Waals surface area (Å²) in [4.78, 5) is 5.36.